The average Bonchev–Trinajstić information content (AvgIpc) is 3.29. The molecule has 124 valence electrons. The number of halogens is 2. The molecule has 0 spiro atoms. The van der Waals surface area contributed by atoms with E-state index in [2.05, 4.69) is 5.32 Å². The number of amides is 1. The molecule has 0 heterocycles. The van der Waals surface area contributed by atoms with E-state index < -0.39 is 5.41 Å². The van der Waals surface area contributed by atoms with Gasteiger partial charge in [0.05, 0.1) is 5.41 Å². The van der Waals surface area contributed by atoms with Crippen LogP contribution in [0.5, 0.6) is 0 Å². The molecule has 1 saturated carbocycles. The van der Waals surface area contributed by atoms with Gasteiger partial charge in [-0.15, -0.1) is 12.4 Å². The molecule has 3 nitrogen and oxygen atoms in total. The van der Waals surface area contributed by atoms with E-state index in [1.165, 1.54) is 6.07 Å². The van der Waals surface area contributed by atoms with Gasteiger partial charge >= 0.3 is 0 Å². The summed E-state index contributed by atoms with van der Waals surface area (Å²) in [6.07, 6.45) is 3.45. The number of benzene rings is 1. The van der Waals surface area contributed by atoms with E-state index in [0.717, 1.165) is 31.2 Å². The molecule has 0 saturated heterocycles. The summed E-state index contributed by atoms with van der Waals surface area (Å²) < 4.78 is 13.4. The lowest BCUT2D eigenvalue weighted by Crippen LogP contribution is -2.47. The molecule has 1 aromatic carbocycles. The predicted octanol–water partition coefficient (Wildman–Crippen LogP) is 3.16. The molecular formula is C17H26ClFN2O. The number of nitrogens with two attached hydrogens (primary N) is 1. The van der Waals surface area contributed by atoms with E-state index in [1.54, 1.807) is 12.1 Å². The monoisotopic (exact) mass is 328 g/mol. The molecule has 0 atom stereocenters. The highest BCUT2D eigenvalue weighted by Crippen LogP contribution is 2.47. The van der Waals surface area contributed by atoms with Crippen LogP contribution in [0.4, 0.5) is 4.39 Å². The molecule has 2 rings (SSSR count). The molecule has 0 bridgehead atoms. The van der Waals surface area contributed by atoms with Gasteiger partial charge in [0.25, 0.3) is 0 Å². The molecule has 1 fully saturated rings. The fraction of sp³-hybridized carbons (Fsp3) is 0.588. The third kappa shape index (κ3) is 3.61. The summed E-state index contributed by atoms with van der Waals surface area (Å²) in [5, 5.41) is 3.06. The largest absolute Gasteiger partial charge is 0.355 e. The molecule has 0 unspecified atom stereocenters. The van der Waals surface area contributed by atoms with Gasteiger partial charge in [-0.3, -0.25) is 4.79 Å². The second kappa shape index (κ2) is 7.42. The van der Waals surface area contributed by atoms with Gasteiger partial charge in [0.2, 0.25) is 5.91 Å². The lowest BCUT2D eigenvalue weighted by atomic mass is 9.81. The third-order valence-electron chi connectivity index (χ3n) is 5.10. The SMILES string of the molecule is CCC(CC)(CN)C(=O)NCC1(c2cccc(F)c2)CC1.Cl. The summed E-state index contributed by atoms with van der Waals surface area (Å²) >= 11 is 0. The van der Waals surface area contributed by atoms with Crippen molar-refractivity contribution in [2.24, 2.45) is 11.1 Å². The Morgan fingerprint density at radius 1 is 1.36 bits per heavy atom. The van der Waals surface area contributed by atoms with Gasteiger partial charge in [0, 0.05) is 18.5 Å². The summed E-state index contributed by atoms with van der Waals surface area (Å²) in [5.41, 5.74) is 6.23. The number of rotatable bonds is 7. The van der Waals surface area contributed by atoms with E-state index in [0.29, 0.717) is 13.1 Å². The number of carbonyl (C=O) groups is 1. The molecule has 5 heteroatoms. The van der Waals surface area contributed by atoms with Crippen molar-refractivity contribution in [1.29, 1.82) is 0 Å². The Kier molecular flexibility index (Phi) is 6.38. The van der Waals surface area contributed by atoms with Crippen molar-refractivity contribution >= 4 is 18.3 Å². The predicted molar refractivity (Wildman–Crippen MR) is 89.6 cm³/mol. The Labute approximate surface area is 138 Å². The van der Waals surface area contributed by atoms with Gasteiger partial charge < -0.3 is 11.1 Å². The van der Waals surface area contributed by atoms with E-state index >= 15 is 0 Å². The van der Waals surface area contributed by atoms with Crippen molar-refractivity contribution < 1.29 is 9.18 Å². The van der Waals surface area contributed by atoms with Crippen LogP contribution in [-0.4, -0.2) is 19.0 Å². The first-order valence-electron chi connectivity index (χ1n) is 7.76. The lowest BCUT2D eigenvalue weighted by Gasteiger charge is -2.29. The minimum atomic E-state index is -0.474. The maximum atomic E-state index is 13.4. The van der Waals surface area contributed by atoms with Crippen LogP contribution < -0.4 is 11.1 Å². The molecule has 3 N–H and O–H groups in total. The van der Waals surface area contributed by atoms with Crippen molar-refractivity contribution in [3.63, 3.8) is 0 Å². The van der Waals surface area contributed by atoms with Gasteiger partial charge in [-0.2, -0.15) is 0 Å². The van der Waals surface area contributed by atoms with Gasteiger partial charge in [-0.25, -0.2) is 4.39 Å². The number of nitrogens with one attached hydrogen (secondary N) is 1. The molecule has 0 aliphatic heterocycles. The van der Waals surface area contributed by atoms with Crippen LogP contribution in [0.2, 0.25) is 0 Å². The van der Waals surface area contributed by atoms with Gasteiger partial charge in [0.15, 0.2) is 0 Å². The molecule has 1 aromatic rings. The summed E-state index contributed by atoms with van der Waals surface area (Å²) in [4.78, 5) is 12.5. The zero-order chi connectivity index (χ0) is 15.5. The first kappa shape index (κ1) is 18.9. The van der Waals surface area contributed by atoms with Crippen LogP contribution in [0.15, 0.2) is 24.3 Å². The van der Waals surface area contributed by atoms with Crippen molar-refractivity contribution in [3.05, 3.63) is 35.6 Å². The first-order chi connectivity index (χ1) is 10.0. The van der Waals surface area contributed by atoms with Gasteiger partial charge in [-0.1, -0.05) is 26.0 Å². The quantitative estimate of drug-likeness (QED) is 0.807. The van der Waals surface area contributed by atoms with Crippen molar-refractivity contribution in [2.75, 3.05) is 13.1 Å². The molecule has 1 amide bonds. The number of carbonyl (C=O) groups excluding carboxylic acids is 1. The molecule has 1 aliphatic carbocycles. The Bertz CT molecular complexity index is 505. The van der Waals surface area contributed by atoms with E-state index in [4.69, 9.17) is 5.73 Å². The van der Waals surface area contributed by atoms with Crippen LogP contribution >= 0.6 is 12.4 Å². The Hall–Kier alpha value is -1.13. The highest BCUT2D eigenvalue weighted by molar-refractivity contribution is 5.85. The first-order valence-corrected chi connectivity index (χ1v) is 7.76. The topological polar surface area (TPSA) is 55.1 Å². The minimum Gasteiger partial charge on any atom is -0.355 e. The fourth-order valence-electron chi connectivity index (χ4n) is 2.93. The zero-order valence-electron chi connectivity index (χ0n) is 13.3. The van der Waals surface area contributed by atoms with Crippen LogP contribution in [0, 0.1) is 11.2 Å². The molecule has 22 heavy (non-hydrogen) atoms. The zero-order valence-corrected chi connectivity index (χ0v) is 14.1. The van der Waals surface area contributed by atoms with Crippen LogP contribution in [0.1, 0.15) is 45.1 Å². The van der Waals surface area contributed by atoms with Gasteiger partial charge in [-0.05, 0) is 43.4 Å². The van der Waals surface area contributed by atoms with Crippen molar-refractivity contribution in [1.82, 2.24) is 5.32 Å². The average molecular weight is 329 g/mol. The Morgan fingerprint density at radius 3 is 2.45 bits per heavy atom. The highest BCUT2D eigenvalue weighted by Gasteiger charge is 2.45. The molecule has 0 radical (unpaired) electrons. The minimum absolute atomic E-state index is 0. The van der Waals surface area contributed by atoms with Crippen LogP contribution in [0.25, 0.3) is 0 Å². The summed E-state index contributed by atoms with van der Waals surface area (Å²) in [5.74, 6) is -0.193. The van der Waals surface area contributed by atoms with E-state index in [1.807, 2.05) is 19.9 Å². The lowest BCUT2D eigenvalue weighted by molar-refractivity contribution is -0.131. The second-order valence-electron chi connectivity index (χ2n) is 6.16. The normalized spacial score (nSPS) is 15.8. The Balaban J connectivity index is 0.00000242. The summed E-state index contributed by atoms with van der Waals surface area (Å²) in [7, 11) is 0. The Morgan fingerprint density at radius 2 is 2.00 bits per heavy atom. The summed E-state index contributed by atoms with van der Waals surface area (Å²) in [6.45, 7) is 4.92. The standard InChI is InChI=1S/C17H25FN2O.ClH/c1-3-16(4-2,11-19)15(21)20-12-17(8-9-17)13-6-5-7-14(18)10-13;/h5-7,10H,3-4,8-9,11-12,19H2,1-2H3,(H,20,21);1H. The smallest absolute Gasteiger partial charge is 0.227 e. The van der Waals surface area contributed by atoms with E-state index in [9.17, 15) is 9.18 Å². The molecule has 1 aliphatic rings. The number of hydrogen-bond donors (Lipinski definition) is 2. The van der Waals surface area contributed by atoms with Crippen LogP contribution in [-0.2, 0) is 10.2 Å². The van der Waals surface area contributed by atoms with Crippen molar-refractivity contribution in [3.8, 4) is 0 Å². The molecule has 0 aromatic heterocycles. The fourth-order valence-corrected chi connectivity index (χ4v) is 2.93. The highest BCUT2D eigenvalue weighted by atomic mass is 35.5. The maximum Gasteiger partial charge on any atom is 0.227 e. The van der Waals surface area contributed by atoms with Crippen molar-refractivity contribution in [2.45, 2.75) is 44.9 Å². The molecular weight excluding hydrogens is 303 g/mol. The maximum absolute atomic E-state index is 13.4. The number of hydrogen-bond acceptors (Lipinski definition) is 2. The second-order valence-corrected chi connectivity index (χ2v) is 6.16. The summed E-state index contributed by atoms with van der Waals surface area (Å²) in [6, 6.07) is 6.70. The van der Waals surface area contributed by atoms with Gasteiger partial charge in [0.1, 0.15) is 5.82 Å². The van der Waals surface area contributed by atoms with Crippen LogP contribution in [0.3, 0.4) is 0 Å². The third-order valence-corrected chi connectivity index (χ3v) is 5.10. The van der Waals surface area contributed by atoms with E-state index in [-0.39, 0.29) is 29.5 Å².